The molecule has 13 heavy (non-hydrogen) atoms. The third kappa shape index (κ3) is 2.21. The third-order valence-corrected chi connectivity index (χ3v) is 2.17. The Kier molecular flexibility index (Phi) is 2.66. The first kappa shape index (κ1) is 10.5. The second-order valence-corrected chi connectivity index (χ2v) is 4.77. The van der Waals surface area contributed by atoms with Gasteiger partial charge in [0.15, 0.2) is 11.6 Å². The van der Waals surface area contributed by atoms with Gasteiger partial charge in [-0.2, -0.15) is 12.6 Å². The van der Waals surface area contributed by atoms with Crippen LogP contribution < -0.4 is 0 Å². The minimum absolute atomic E-state index is 0.317. The highest BCUT2D eigenvalue weighted by atomic mass is 32.1. The van der Waals surface area contributed by atoms with Gasteiger partial charge in [0.1, 0.15) is 0 Å². The van der Waals surface area contributed by atoms with Gasteiger partial charge in [0.25, 0.3) is 0 Å². The lowest BCUT2D eigenvalue weighted by Crippen LogP contribution is -2.09. The predicted molar refractivity (Wildman–Crippen MR) is 53.1 cm³/mol. The Morgan fingerprint density at radius 1 is 1.23 bits per heavy atom. The summed E-state index contributed by atoms with van der Waals surface area (Å²) in [7, 11) is 0. The van der Waals surface area contributed by atoms with E-state index in [1.165, 1.54) is 6.07 Å². The summed E-state index contributed by atoms with van der Waals surface area (Å²) in [6.07, 6.45) is 0. The Bertz CT molecular complexity index is 303. The van der Waals surface area contributed by atoms with E-state index in [0.717, 1.165) is 0 Å². The summed E-state index contributed by atoms with van der Waals surface area (Å²) >= 11 is 4.28. The molecule has 0 unspecified atom stereocenters. The molecule has 0 N–H and O–H groups in total. The van der Waals surface area contributed by atoms with Gasteiger partial charge in [-0.15, -0.1) is 0 Å². The fourth-order valence-electron chi connectivity index (χ4n) is 1.08. The highest BCUT2D eigenvalue weighted by Crippen LogP contribution is 2.29. The first-order valence-electron chi connectivity index (χ1n) is 4.01. The molecular formula is C10H12F2S. The number of aryl methyl sites for hydroxylation is 1. The summed E-state index contributed by atoms with van der Waals surface area (Å²) in [6.45, 7) is 5.21. The highest BCUT2D eigenvalue weighted by Gasteiger charge is 2.18. The van der Waals surface area contributed by atoms with Gasteiger partial charge >= 0.3 is 0 Å². The summed E-state index contributed by atoms with van der Waals surface area (Å²) < 4.78 is 25.4. The Labute approximate surface area is 82.4 Å². The van der Waals surface area contributed by atoms with E-state index in [2.05, 4.69) is 12.6 Å². The van der Waals surface area contributed by atoms with Crippen molar-refractivity contribution in [3.8, 4) is 0 Å². The number of rotatable bonds is 1. The lowest BCUT2D eigenvalue weighted by Gasteiger charge is -2.18. The molecule has 0 radical (unpaired) electrons. The molecule has 0 aliphatic rings. The number of thiol groups is 1. The molecule has 72 valence electrons. The standard InChI is InChI=1S/C10H12F2S/c1-6-4-7(10(2,3)13)5-8(11)9(6)12/h4-5,13H,1-3H3. The normalized spacial score (nSPS) is 11.8. The van der Waals surface area contributed by atoms with E-state index in [4.69, 9.17) is 0 Å². The molecule has 0 heterocycles. The van der Waals surface area contributed by atoms with Crippen LogP contribution in [0.3, 0.4) is 0 Å². The lowest BCUT2D eigenvalue weighted by atomic mass is 10.00. The summed E-state index contributed by atoms with van der Waals surface area (Å²) in [5, 5.41) is 0. The van der Waals surface area contributed by atoms with Crippen LogP contribution in [0.4, 0.5) is 8.78 Å². The van der Waals surface area contributed by atoms with Crippen molar-refractivity contribution in [1.82, 2.24) is 0 Å². The van der Waals surface area contributed by atoms with Crippen LogP contribution in [0, 0.1) is 18.6 Å². The topological polar surface area (TPSA) is 0 Å². The smallest absolute Gasteiger partial charge is 0.161 e. The van der Waals surface area contributed by atoms with Gasteiger partial charge in [0.05, 0.1) is 0 Å². The fraction of sp³-hybridized carbons (Fsp3) is 0.400. The van der Waals surface area contributed by atoms with Gasteiger partial charge in [0, 0.05) is 4.75 Å². The molecule has 1 aromatic rings. The molecule has 0 saturated heterocycles. The minimum atomic E-state index is -0.808. The maximum atomic E-state index is 13.0. The second-order valence-electron chi connectivity index (χ2n) is 3.65. The molecule has 0 spiro atoms. The molecule has 0 aliphatic heterocycles. The summed E-state index contributed by atoms with van der Waals surface area (Å²) in [5.74, 6) is -1.58. The van der Waals surface area contributed by atoms with Crippen molar-refractivity contribution in [2.75, 3.05) is 0 Å². The SMILES string of the molecule is Cc1cc(C(C)(C)S)cc(F)c1F. The molecular weight excluding hydrogens is 190 g/mol. The Balaban J connectivity index is 3.29. The van der Waals surface area contributed by atoms with Crippen LogP contribution >= 0.6 is 12.6 Å². The van der Waals surface area contributed by atoms with Crippen molar-refractivity contribution >= 4 is 12.6 Å². The van der Waals surface area contributed by atoms with Crippen molar-refractivity contribution in [1.29, 1.82) is 0 Å². The predicted octanol–water partition coefficient (Wildman–Crippen LogP) is 3.44. The molecule has 0 fully saturated rings. The number of hydrogen-bond donors (Lipinski definition) is 1. The lowest BCUT2D eigenvalue weighted by molar-refractivity contribution is 0.500. The van der Waals surface area contributed by atoms with Crippen LogP contribution in [0.15, 0.2) is 12.1 Å². The molecule has 1 rings (SSSR count). The molecule has 3 heteroatoms. The van der Waals surface area contributed by atoms with Gasteiger partial charge < -0.3 is 0 Å². The minimum Gasteiger partial charge on any atom is -0.204 e. The van der Waals surface area contributed by atoms with E-state index >= 15 is 0 Å². The zero-order chi connectivity index (χ0) is 10.2. The largest absolute Gasteiger partial charge is 0.204 e. The Morgan fingerprint density at radius 3 is 2.15 bits per heavy atom. The monoisotopic (exact) mass is 202 g/mol. The van der Waals surface area contributed by atoms with Crippen molar-refractivity contribution < 1.29 is 8.78 Å². The molecule has 0 saturated carbocycles. The molecule has 0 aliphatic carbocycles. The first-order chi connectivity index (χ1) is 5.82. The van der Waals surface area contributed by atoms with Gasteiger partial charge in [-0.25, -0.2) is 8.78 Å². The molecule has 1 aromatic carbocycles. The van der Waals surface area contributed by atoms with E-state index in [-0.39, 0.29) is 0 Å². The number of benzene rings is 1. The average Bonchev–Trinajstić information content (AvgIpc) is 1.97. The van der Waals surface area contributed by atoms with Gasteiger partial charge in [-0.05, 0) is 38.0 Å². The first-order valence-corrected chi connectivity index (χ1v) is 4.45. The van der Waals surface area contributed by atoms with E-state index in [9.17, 15) is 8.78 Å². The van der Waals surface area contributed by atoms with E-state index < -0.39 is 16.4 Å². The quantitative estimate of drug-likeness (QED) is 0.663. The summed E-state index contributed by atoms with van der Waals surface area (Å²) in [4.78, 5) is 0. The highest BCUT2D eigenvalue weighted by molar-refractivity contribution is 7.81. The van der Waals surface area contributed by atoms with Gasteiger partial charge in [-0.3, -0.25) is 0 Å². The van der Waals surface area contributed by atoms with Gasteiger partial charge in [-0.1, -0.05) is 6.07 Å². The van der Waals surface area contributed by atoms with E-state index in [1.54, 1.807) is 13.0 Å². The van der Waals surface area contributed by atoms with Crippen molar-refractivity contribution in [2.45, 2.75) is 25.5 Å². The summed E-state index contributed by atoms with van der Waals surface area (Å²) in [5.41, 5.74) is 1.00. The average molecular weight is 202 g/mol. The van der Waals surface area contributed by atoms with Crippen molar-refractivity contribution in [2.24, 2.45) is 0 Å². The molecule has 0 aromatic heterocycles. The third-order valence-electron chi connectivity index (χ3n) is 1.92. The van der Waals surface area contributed by atoms with Crippen LogP contribution in [0.25, 0.3) is 0 Å². The van der Waals surface area contributed by atoms with Crippen LogP contribution in [0.1, 0.15) is 25.0 Å². The zero-order valence-corrected chi connectivity index (χ0v) is 8.75. The van der Waals surface area contributed by atoms with Crippen LogP contribution in [0.5, 0.6) is 0 Å². The second kappa shape index (κ2) is 3.29. The molecule has 0 atom stereocenters. The Morgan fingerprint density at radius 2 is 1.77 bits per heavy atom. The van der Waals surface area contributed by atoms with Crippen LogP contribution in [0.2, 0.25) is 0 Å². The van der Waals surface area contributed by atoms with E-state index in [0.29, 0.717) is 11.1 Å². The number of hydrogen-bond acceptors (Lipinski definition) is 1. The summed E-state index contributed by atoms with van der Waals surface area (Å²) in [6, 6.07) is 2.81. The zero-order valence-electron chi connectivity index (χ0n) is 7.86. The van der Waals surface area contributed by atoms with Gasteiger partial charge in [0.2, 0.25) is 0 Å². The van der Waals surface area contributed by atoms with Crippen molar-refractivity contribution in [3.05, 3.63) is 34.9 Å². The van der Waals surface area contributed by atoms with Crippen molar-refractivity contribution in [3.63, 3.8) is 0 Å². The van der Waals surface area contributed by atoms with Crippen LogP contribution in [-0.4, -0.2) is 0 Å². The fourth-order valence-corrected chi connectivity index (χ4v) is 1.21. The number of halogens is 2. The maximum Gasteiger partial charge on any atom is 0.161 e. The maximum absolute atomic E-state index is 13.0. The Hall–Kier alpha value is -0.570. The van der Waals surface area contributed by atoms with Crippen LogP contribution in [-0.2, 0) is 4.75 Å². The molecule has 0 amide bonds. The van der Waals surface area contributed by atoms with E-state index in [1.807, 2.05) is 13.8 Å². The molecule has 0 nitrogen and oxygen atoms in total. The molecule has 0 bridgehead atoms.